The zero-order valence-corrected chi connectivity index (χ0v) is 16.5. The number of hydrogen-bond donors (Lipinski definition) is 1. The van der Waals surface area contributed by atoms with Crippen LogP contribution in [0.3, 0.4) is 0 Å². The van der Waals surface area contributed by atoms with Gasteiger partial charge in [0.2, 0.25) is 0 Å². The summed E-state index contributed by atoms with van der Waals surface area (Å²) in [5.41, 5.74) is 0.381. The van der Waals surface area contributed by atoms with Crippen molar-refractivity contribution in [2.24, 2.45) is 16.3 Å². The maximum absolute atomic E-state index is 5.67. The summed E-state index contributed by atoms with van der Waals surface area (Å²) in [6.07, 6.45) is 4.88. The van der Waals surface area contributed by atoms with Gasteiger partial charge in [0.05, 0.1) is 13.2 Å². The molecule has 2 aliphatic rings. The molecule has 2 unspecified atom stereocenters. The normalized spacial score (nSPS) is 26.1. The molecule has 0 amide bonds. The van der Waals surface area contributed by atoms with Crippen LogP contribution in [0.25, 0.3) is 0 Å². The highest BCUT2D eigenvalue weighted by atomic mass is 16.5. The van der Waals surface area contributed by atoms with E-state index in [0.717, 1.165) is 45.4 Å². The maximum atomic E-state index is 5.67. The molecule has 0 radical (unpaired) electrons. The smallest absolute Gasteiger partial charge is 0.193 e. The van der Waals surface area contributed by atoms with Crippen molar-refractivity contribution >= 4 is 5.96 Å². The van der Waals surface area contributed by atoms with Gasteiger partial charge in [0.1, 0.15) is 0 Å². The molecule has 1 spiro atoms. The monoisotopic (exact) mass is 338 g/mol. The van der Waals surface area contributed by atoms with Gasteiger partial charge in [-0.2, -0.15) is 0 Å². The molecular weight excluding hydrogens is 300 g/mol. The molecule has 1 N–H and O–H groups in total. The number of likely N-dealkylation sites (N-methyl/N-ethyl adjacent to an activating group) is 1. The van der Waals surface area contributed by atoms with Crippen molar-refractivity contribution in [3.8, 4) is 0 Å². The molecular formula is C19H38N4O. The van der Waals surface area contributed by atoms with Crippen LogP contribution < -0.4 is 5.32 Å². The fraction of sp³-hybridized carbons (Fsp3) is 0.947. The number of hydrogen-bond acceptors (Lipinski definition) is 3. The number of nitrogens with zero attached hydrogens (tertiary/aromatic N) is 3. The molecule has 24 heavy (non-hydrogen) atoms. The lowest BCUT2D eigenvalue weighted by atomic mass is 9.87. The lowest BCUT2D eigenvalue weighted by Gasteiger charge is -2.31. The molecule has 2 rings (SSSR count). The first-order valence-corrected chi connectivity index (χ1v) is 9.82. The van der Waals surface area contributed by atoms with E-state index in [2.05, 4.69) is 50.0 Å². The highest BCUT2D eigenvalue weighted by Gasteiger charge is 2.42. The van der Waals surface area contributed by atoms with Gasteiger partial charge >= 0.3 is 0 Å². The van der Waals surface area contributed by atoms with Crippen molar-refractivity contribution in [1.29, 1.82) is 0 Å². The Labute approximate surface area is 148 Å². The molecule has 2 aliphatic heterocycles. The largest absolute Gasteiger partial charge is 0.381 e. The second-order valence-corrected chi connectivity index (χ2v) is 7.78. The second-order valence-electron chi connectivity index (χ2n) is 7.78. The number of guanidine groups is 1. The van der Waals surface area contributed by atoms with Gasteiger partial charge in [0.15, 0.2) is 5.96 Å². The van der Waals surface area contributed by atoms with Gasteiger partial charge in [-0.3, -0.25) is 4.99 Å². The van der Waals surface area contributed by atoms with Crippen molar-refractivity contribution in [2.45, 2.75) is 52.5 Å². The van der Waals surface area contributed by atoms with Crippen molar-refractivity contribution < 1.29 is 4.74 Å². The molecule has 2 atom stereocenters. The van der Waals surface area contributed by atoms with Gasteiger partial charge in [-0.05, 0) is 39.8 Å². The van der Waals surface area contributed by atoms with Crippen LogP contribution in [0.4, 0.5) is 0 Å². The van der Waals surface area contributed by atoms with Crippen molar-refractivity contribution in [1.82, 2.24) is 15.1 Å². The van der Waals surface area contributed by atoms with Gasteiger partial charge in [0, 0.05) is 37.7 Å². The number of nitrogens with one attached hydrogen (secondary N) is 1. The average molecular weight is 339 g/mol. The van der Waals surface area contributed by atoms with Gasteiger partial charge in [0.25, 0.3) is 0 Å². The Bertz CT molecular complexity index is 400. The Morgan fingerprint density at radius 2 is 2.00 bits per heavy atom. The fourth-order valence-corrected chi connectivity index (χ4v) is 4.26. The summed E-state index contributed by atoms with van der Waals surface area (Å²) in [7, 11) is 4.37. The molecule has 2 saturated heterocycles. The summed E-state index contributed by atoms with van der Waals surface area (Å²) in [6.45, 7) is 12.6. The molecule has 5 nitrogen and oxygen atoms in total. The Kier molecular flexibility index (Phi) is 7.35. The SMILES string of the molecule is CCNC(=NCC(C(CC)CC)N(C)C)N1CCC2(CCOC2)C1. The Balaban J connectivity index is 2.04. The lowest BCUT2D eigenvalue weighted by molar-refractivity contribution is 0.156. The van der Waals surface area contributed by atoms with Gasteiger partial charge < -0.3 is 19.9 Å². The highest BCUT2D eigenvalue weighted by molar-refractivity contribution is 5.80. The number of ether oxygens (including phenoxy) is 1. The van der Waals surface area contributed by atoms with E-state index >= 15 is 0 Å². The molecule has 5 heteroatoms. The van der Waals surface area contributed by atoms with E-state index in [0.29, 0.717) is 17.4 Å². The van der Waals surface area contributed by atoms with E-state index < -0.39 is 0 Å². The van der Waals surface area contributed by atoms with E-state index in [1.807, 2.05) is 0 Å². The third-order valence-corrected chi connectivity index (χ3v) is 5.94. The number of likely N-dealkylation sites (tertiary alicyclic amines) is 1. The fourth-order valence-electron chi connectivity index (χ4n) is 4.26. The van der Waals surface area contributed by atoms with Crippen LogP contribution in [0.15, 0.2) is 4.99 Å². The van der Waals surface area contributed by atoms with Gasteiger partial charge in [-0.1, -0.05) is 26.7 Å². The van der Waals surface area contributed by atoms with E-state index in [1.54, 1.807) is 0 Å². The topological polar surface area (TPSA) is 40.1 Å². The van der Waals surface area contributed by atoms with Gasteiger partial charge in [-0.25, -0.2) is 0 Å². The molecule has 0 aromatic carbocycles. The molecule has 140 valence electrons. The first kappa shape index (κ1) is 19.5. The molecule has 0 aliphatic carbocycles. The van der Waals surface area contributed by atoms with E-state index in [4.69, 9.17) is 9.73 Å². The number of aliphatic imine (C=N–C) groups is 1. The van der Waals surface area contributed by atoms with Crippen molar-refractivity contribution in [3.05, 3.63) is 0 Å². The predicted molar refractivity (Wildman–Crippen MR) is 102 cm³/mol. The van der Waals surface area contributed by atoms with Crippen LogP contribution in [0.1, 0.15) is 46.5 Å². The van der Waals surface area contributed by atoms with Gasteiger partial charge in [-0.15, -0.1) is 0 Å². The van der Waals surface area contributed by atoms with Crippen LogP contribution in [0, 0.1) is 11.3 Å². The minimum Gasteiger partial charge on any atom is -0.381 e. The maximum Gasteiger partial charge on any atom is 0.193 e. The third kappa shape index (κ3) is 4.63. The minimum atomic E-state index is 0.381. The zero-order chi connectivity index (χ0) is 17.6. The van der Waals surface area contributed by atoms with Crippen molar-refractivity contribution in [3.63, 3.8) is 0 Å². The quantitative estimate of drug-likeness (QED) is 0.572. The summed E-state index contributed by atoms with van der Waals surface area (Å²) in [6, 6.07) is 0.514. The van der Waals surface area contributed by atoms with Crippen LogP contribution in [0.5, 0.6) is 0 Å². The first-order chi connectivity index (χ1) is 11.5. The summed E-state index contributed by atoms with van der Waals surface area (Å²) in [4.78, 5) is 9.84. The van der Waals surface area contributed by atoms with E-state index in [-0.39, 0.29) is 0 Å². The molecule has 0 bridgehead atoms. The number of rotatable bonds is 7. The van der Waals surface area contributed by atoms with E-state index in [9.17, 15) is 0 Å². The third-order valence-electron chi connectivity index (χ3n) is 5.94. The molecule has 0 saturated carbocycles. The van der Waals surface area contributed by atoms with Crippen LogP contribution in [-0.2, 0) is 4.74 Å². The van der Waals surface area contributed by atoms with Crippen LogP contribution in [-0.4, -0.2) is 75.3 Å². The Morgan fingerprint density at radius 3 is 2.54 bits per heavy atom. The summed E-state index contributed by atoms with van der Waals surface area (Å²) in [5.74, 6) is 1.80. The predicted octanol–water partition coefficient (Wildman–Crippen LogP) is 2.43. The second kappa shape index (κ2) is 9.04. The standard InChI is InChI=1S/C19H38N4O/c1-6-16(7-2)17(22(4)5)13-21-18(20-8-3)23-11-9-19(14-23)10-12-24-15-19/h16-17H,6-15H2,1-5H3,(H,20,21). The highest BCUT2D eigenvalue weighted by Crippen LogP contribution is 2.38. The average Bonchev–Trinajstić information content (AvgIpc) is 3.20. The first-order valence-electron chi connectivity index (χ1n) is 9.82. The van der Waals surface area contributed by atoms with Crippen LogP contribution in [0.2, 0.25) is 0 Å². The summed E-state index contributed by atoms with van der Waals surface area (Å²) < 4.78 is 5.67. The lowest BCUT2D eigenvalue weighted by Crippen LogP contribution is -2.43. The molecule has 2 fully saturated rings. The minimum absolute atomic E-state index is 0.381. The molecule has 0 aromatic rings. The molecule has 2 heterocycles. The zero-order valence-electron chi connectivity index (χ0n) is 16.5. The molecule has 0 aromatic heterocycles. The Morgan fingerprint density at radius 1 is 1.25 bits per heavy atom. The van der Waals surface area contributed by atoms with Crippen molar-refractivity contribution in [2.75, 3.05) is 53.5 Å². The Hall–Kier alpha value is -0.810. The van der Waals surface area contributed by atoms with E-state index in [1.165, 1.54) is 25.7 Å². The summed E-state index contributed by atoms with van der Waals surface area (Å²) in [5, 5.41) is 3.52. The summed E-state index contributed by atoms with van der Waals surface area (Å²) >= 11 is 0. The van der Waals surface area contributed by atoms with Crippen LogP contribution >= 0.6 is 0 Å².